The van der Waals surface area contributed by atoms with Gasteiger partial charge < -0.3 is 15.2 Å². The van der Waals surface area contributed by atoms with Crippen LogP contribution in [0.3, 0.4) is 0 Å². The molecular weight excluding hydrogens is 310 g/mol. The summed E-state index contributed by atoms with van der Waals surface area (Å²) >= 11 is 0. The molecule has 1 aromatic carbocycles. The molecule has 0 spiro atoms. The summed E-state index contributed by atoms with van der Waals surface area (Å²) < 4.78 is 27.4. The number of amides is 1. The fourth-order valence-electron chi connectivity index (χ4n) is 2.20. The van der Waals surface area contributed by atoms with Crippen LogP contribution >= 0.6 is 0 Å². The molecule has 1 amide bonds. The molecule has 1 fully saturated rings. The van der Waals surface area contributed by atoms with Gasteiger partial charge in [0.05, 0.1) is 11.5 Å². The molecule has 8 heteroatoms. The van der Waals surface area contributed by atoms with Crippen molar-refractivity contribution in [1.29, 1.82) is 0 Å². The van der Waals surface area contributed by atoms with Crippen LogP contribution in [0.4, 0.5) is 0 Å². The summed E-state index contributed by atoms with van der Waals surface area (Å²) in [5.74, 6) is -1.64. The summed E-state index contributed by atoms with van der Waals surface area (Å²) in [7, 11) is -3.08. The molecule has 0 unspecified atom stereocenters. The van der Waals surface area contributed by atoms with Gasteiger partial charge in [0.15, 0.2) is 16.4 Å². The Kier molecular flexibility index (Phi) is 4.70. The van der Waals surface area contributed by atoms with Gasteiger partial charge in [-0.05, 0) is 25.5 Å². The van der Waals surface area contributed by atoms with E-state index in [1.807, 2.05) is 0 Å². The van der Waals surface area contributed by atoms with Crippen LogP contribution in [0.1, 0.15) is 22.3 Å². The lowest BCUT2D eigenvalue weighted by atomic mass is 10.1. The van der Waals surface area contributed by atoms with Gasteiger partial charge >= 0.3 is 5.97 Å². The first kappa shape index (κ1) is 16.3. The molecule has 1 saturated heterocycles. The molecule has 0 aromatic heterocycles. The molecule has 2 rings (SSSR count). The van der Waals surface area contributed by atoms with Crippen molar-refractivity contribution >= 4 is 21.7 Å². The third-order valence-corrected chi connectivity index (χ3v) is 5.07. The lowest BCUT2D eigenvalue weighted by molar-refractivity contribution is -0.124. The summed E-state index contributed by atoms with van der Waals surface area (Å²) in [5.41, 5.74) is 0.751. The van der Waals surface area contributed by atoms with Crippen molar-refractivity contribution in [2.75, 3.05) is 18.1 Å². The topological polar surface area (TPSA) is 110 Å². The lowest BCUT2D eigenvalue weighted by Crippen LogP contribution is -2.38. The minimum atomic E-state index is -3.08. The van der Waals surface area contributed by atoms with E-state index >= 15 is 0 Å². The van der Waals surface area contributed by atoms with E-state index in [0.717, 1.165) is 5.56 Å². The zero-order valence-electron chi connectivity index (χ0n) is 12.0. The van der Waals surface area contributed by atoms with Crippen LogP contribution in [0.25, 0.3) is 0 Å². The van der Waals surface area contributed by atoms with Gasteiger partial charge in [0.2, 0.25) is 0 Å². The number of ether oxygens (including phenoxy) is 1. The third kappa shape index (κ3) is 4.20. The fourth-order valence-corrected chi connectivity index (χ4v) is 3.87. The number of carbonyl (C=O) groups is 2. The number of benzene rings is 1. The Balaban J connectivity index is 1.86. The van der Waals surface area contributed by atoms with Gasteiger partial charge in [-0.2, -0.15) is 0 Å². The molecule has 7 nitrogen and oxygen atoms in total. The van der Waals surface area contributed by atoms with Crippen LogP contribution in [-0.4, -0.2) is 49.6 Å². The molecule has 1 atom stereocenters. The van der Waals surface area contributed by atoms with Gasteiger partial charge in [-0.25, -0.2) is 13.2 Å². The van der Waals surface area contributed by atoms with E-state index in [9.17, 15) is 23.1 Å². The Morgan fingerprint density at radius 2 is 2.14 bits per heavy atom. The average Bonchev–Trinajstić information content (AvgIpc) is 2.78. The van der Waals surface area contributed by atoms with Crippen molar-refractivity contribution in [3.8, 4) is 5.75 Å². The number of esters is 1. The molecule has 1 aliphatic heterocycles. The molecule has 0 radical (unpaired) electrons. The second-order valence-electron chi connectivity index (χ2n) is 5.26. The molecule has 0 saturated carbocycles. The monoisotopic (exact) mass is 327 g/mol. The maximum Gasteiger partial charge on any atom is 0.342 e. The molecule has 1 aliphatic rings. The van der Waals surface area contributed by atoms with Gasteiger partial charge in [0.25, 0.3) is 5.91 Å². The highest BCUT2D eigenvalue weighted by Crippen LogP contribution is 2.19. The SMILES string of the molecule is Cc1ccc(O)c(C(=O)OCC(=O)N[C@@H]2CCS(=O)(=O)C2)c1. The number of nitrogens with one attached hydrogen (secondary N) is 1. The molecule has 2 N–H and O–H groups in total. The summed E-state index contributed by atoms with van der Waals surface area (Å²) in [4.78, 5) is 23.5. The van der Waals surface area contributed by atoms with Gasteiger partial charge in [-0.3, -0.25) is 4.79 Å². The van der Waals surface area contributed by atoms with Crippen molar-refractivity contribution in [3.05, 3.63) is 29.3 Å². The van der Waals surface area contributed by atoms with Crippen LogP contribution in [0.2, 0.25) is 0 Å². The van der Waals surface area contributed by atoms with Crippen molar-refractivity contribution in [2.45, 2.75) is 19.4 Å². The van der Waals surface area contributed by atoms with Gasteiger partial charge in [-0.1, -0.05) is 11.6 Å². The van der Waals surface area contributed by atoms with Crippen molar-refractivity contribution in [2.24, 2.45) is 0 Å². The first-order valence-corrected chi connectivity index (χ1v) is 8.55. The minimum Gasteiger partial charge on any atom is -0.507 e. The van der Waals surface area contributed by atoms with Crippen molar-refractivity contribution in [1.82, 2.24) is 5.32 Å². The van der Waals surface area contributed by atoms with Crippen LogP contribution in [0.5, 0.6) is 5.75 Å². The lowest BCUT2D eigenvalue weighted by Gasteiger charge is -2.11. The van der Waals surface area contributed by atoms with E-state index in [2.05, 4.69) is 5.32 Å². The number of aryl methyl sites for hydroxylation is 1. The maximum atomic E-state index is 11.8. The Morgan fingerprint density at radius 3 is 2.77 bits per heavy atom. The van der Waals surface area contributed by atoms with Crippen molar-refractivity contribution < 1.29 is 27.9 Å². The smallest absolute Gasteiger partial charge is 0.342 e. The summed E-state index contributed by atoms with van der Waals surface area (Å²) in [5, 5.41) is 12.1. The van der Waals surface area contributed by atoms with Crippen LogP contribution < -0.4 is 5.32 Å². The molecule has 1 heterocycles. The highest BCUT2D eigenvalue weighted by molar-refractivity contribution is 7.91. The first-order chi connectivity index (χ1) is 10.3. The van der Waals surface area contributed by atoms with Gasteiger partial charge in [-0.15, -0.1) is 0 Å². The second kappa shape index (κ2) is 6.35. The summed E-state index contributed by atoms with van der Waals surface area (Å²) in [6.07, 6.45) is 0.362. The number of carbonyl (C=O) groups excluding carboxylic acids is 2. The molecular formula is C14H17NO6S. The van der Waals surface area contributed by atoms with Crippen LogP contribution in [0.15, 0.2) is 18.2 Å². The van der Waals surface area contributed by atoms with Gasteiger partial charge in [0, 0.05) is 6.04 Å². The molecule has 0 bridgehead atoms. The molecule has 22 heavy (non-hydrogen) atoms. The highest BCUT2D eigenvalue weighted by Gasteiger charge is 2.29. The Bertz CT molecular complexity index is 697. The van der Waals surface area contributed by atoms with Crippen molar-refractivity contribution in [3.63, 3.8) is 0 Å². The van der Waals surface area contributed by atoms with E-state index < -0.39 is 34.4 Å². The number of phenolic OH excluding ortho intramolecular Hbond substituents is 1. The minimum absolute atomic E-state index is 0.0174. The summed E-state index contributed by atoms with van der Waals surface area (Å²) in [6.45, 7) is 1.23. The number of hydrogen-bond acceptors (Lipinski definition) is 6. The van der Waals surface area contributed by atoms with E-state index in [4.69, 9.17) is 4.74 Å². The van der Waals surface area contributed by atoms with Crippen LogP contribution in [-0.2, 0) is 19.4 Å². The quantitative estimate of drug-likeness (QED) is 0.762. The van der Waals surface area contributed by atoms with E-state index in [-0.39, 0.29) is 22.8 Å². The number of phenols is 1. The predicted molar refractivity (Wildman–Crippen MR) is 78.3 cm³/mol. The molecule has 1 aromatic rings. The Labute approximate surface area is 128 Å². The normalized spacial score (nSPS) is 19.6. The molecule has 120 valence electrons. The van der Waals surface area contributed by atoms with Gasteiger partial charge in [0.1, 0.15) is 11.3 Å². The highest BCUT2D eigenvalue weighted by atomic mass is 32.2. The number of sulfone groups is 1. The Morgan fingerprint density at radius 1 is 1.41 bits per heavy atom. The average molecular weight is 327 g/mol. The number of rotatable bonds is 4. The van der Waals surface area contributed by atoms with E-state index in [1.165, 1.54) is 12.1 Å². The largest absolute Gasteiger partial charge is 0.507 e. The number of aromatic hydroxyl groups is 1. The van der Waals surface area contributed by atoms with E-state index in [1.54, 1.807) is 13.0 Å². The predicted octanol–water partition coefficient (Wildman–Crippen LogP) is 0.161. The zero-order valence-corrected chi connectivity index (χ0v) is 12.9. The Hall–Kier alpha value is -2.09. The number of hydrogen-bond donors (Lipinski definition) is 2. The maximum absolute atomic E-state index is 11.8. The first-order valence-electron chi connectivity index (χ1n) is 6.73. The third-order valence-electron chi connectivity index (χ3n) is 3.30. The molecule has 0 aliphatic carbocycles. The fraction of sp³-hybridized carbons (Fsp3) is 0.429. The second-order valence-corrected chi connectivity index (χ2v) is 7.49. The summed E-state index contributed by atoms with van der Waals surface area (Å²) in [6, 6.07) is 4.02. The zero-order chi connectivity index (χ0) is 16.3. The standard InChI is InChI=1S/C14H17NO6S/c1-9-2-3-12(16)11(6-9)14(18)21-7-13(17)15-10-4-5-22(19,20)8-10/h2-3,6,10,16H,4-5,7-8H2,1H3,(H,15,17)/t10-/m1/s1. The van der Waals surface area contributed by atoms with Crippen LogP contribution in [0, 0.1) is 6.92 Å². The van der Waals surface area contributed by atoms with E-state index in [0.29, 0.717) is 6.42 Å².